The highest BCUT2D eigenvalue weighted by Crippen LogP contribution is 2.82. The molecule has 4 nitrogen and oxygen atoms in total. The van der Waals surface area contributed by atoms with Crippen molar-refractivity contribution in [3.05, 3.63) is 60.2 Å². The summed E-state index contributed by atoms with van der Waals surface area (Å²) in [6, 6.07) is 16.8. The van der Waals surface area contributed by atoms with Crippen LogP contribution >= 0.6 is 55.1 Å². The van der Waals surface area contributed by atoms with Crippen LogP contribution in [0.3, 0.4) is 0 Å². The van der Waals surface area contributed by atoms with Crippen LogP contribution in [0.25, 0.3) is 0 Å². The van der Waals surface area contributed by atoms with Gasteiger partial charge in [-0.3, -0.25) is 4.79 Å². The van der Waals surface area contributed by atoms with E-state index in [1.54, 1.807) is 6.92 Å². The molecule has 30 heavy (non-hydrogen) atoms. The standard InChI is InChI=1S/C22H19Br2Cl2NO3/c1-19(2)20(3,18(28)29-13-27)21(19,17(23)22(24,25)26)14-8-7-11-16(12-14)30-15-9-5-4-6-10-15/h4-12,17H,1-3H3. The summed E-state index contributed by atoms with van der Waals surface area (Å²) in [6.45, 7) is 5.62. The van der Waals surface area contributed by atoms with Gasteiger partial charge in [0.05, 0.1) is 10.2 Å². The fraction of sp³-hybridized carbons (Fsp3) is 0.364. The first-order chi connectivity index (χ1) is 13.9. The van der Waals surface area contributed by atoms with E-state index < -0.39 is 30.3 Å². The van der Waals surface area contributed by atoms with Crippen LogP contribution in [0, 0.1) is 22.3 Å². The summed E-state index contributed by atoms with van der Waals surface area (Å²) in [5.41, 5.74) is -1.86. The largest absolute Gasteiger partial charge is 0.457 e. The monoisotopic (exact) mass is 573 g/mol. The van der Waals surface area contributed by atoms with Crippen LogP contribution in [0.2, 0.25) is 0 Å². The topological polar surface area (TPSA) is 59.3 Å². The number of para-hydroxylation sites is 1. The van der Waals surface area contributed by atoms with E-state index in [2.05, 4.69) is 31.9 Å². The third-order valence-electron chi connectivity index (χ3n) is 6.44. The van der Waals surface area contributed by atoms with Gasteiger partial charge < -0.3 is 9.47 Å². The number of carbonyl (C=O) groups excluding carboxylic acids is 1. The van der Waals surface area contributed by atoms with Gasteiger partial charge in [-0.05, 0) is 58.1 Å². The van der Waals surface area contributed by atoms with Crippen LogP contribution in [0.4, 0.5) is 0 Å². The number of alkyl halides is 4. The predicted molar refractivity (Wildman–Crippen MR) is 124 cm³/mol. The van der Waals surface area contributed by atoms with E-state index in [0.717, 1.165) is 5.56 Å². The summed E-state index contributed by atoms with van der Waals surface area (Å²) >= 11 is 19.9. The third kappa shape index (κ3) is 3.35. The van der Waals surface area contributed by atoms with Crippen molar-refractivity contribution < 1.29 is 14.3 Å². The van der Waals surface area contributed by atoms with Gasteiger partial charge in [0.25, 0.3) is 6.26 Å². The highest BCUT2D eigenvalue weighted by Gasteiger charge is 2.88. The van der Waals surface area contributed by atoms with Crippen molar-refractivity contribution >= 4 is 61.0 Å². The maximum atomic E-state index is 12.9. The van der Waals surface area contributed by atoms with Crippen LogP contribution in [-0.2, 0) is 14.9 Å². The third-order valence-corrected chi connectivity index (χ3v) is 9.85. The first kappa shape index (κ1) is 23.4. The number of esters is 1. The Morgan fingerprint density at radius 3 is 2.27 bits per heavy atom. The zero-order valence-corrected chi connectivity index (χ0v) is 21.1. The van der Waals surface area contributed by atoms with Gasteiger partial charge in [0.1, 0.15) is 11.5 Å². The van der Waals surface area contributed by atoms with Gasteiger partial charge in [-0.1, -0.05) is 83.3 Å². The average molecular weight is 576 g/mol. The van der Waals surface area contributed by atoms with E-state index in [9.17, 15) is 4.79 Å². The lowest BCUT2D eigenvalue weighted by Crippen LogP contribution is -2.39. The number of hydrogen-bond donors (Lipinski definition) is 0. The molecule has 1 fully saturated rings. The molecule has 0 aliphatic heterocycles. The van der Waals surface area contributed by atoms with Crippen molar-refractivity contribution in [2.24, 2.45) is 10.8 Å². The fourth-order valence-corrected chi connectivity index (χ4v) is 6.70. The molecule has 0 N–H and O–H groups in total. The Morgan fingerprint density at radius 1 is 1.10 bits per heavy atom. The van der Waals surface area contributed by atoms with E-state index in [4.69, 9.17) is 37.9 Å². The minimum atomic E-state index is -1.40. The molecule has 0 amide bonds. The zero-order valence-electron chi connectivity index (χ0n) is 16.5. The van der Waals surface area contributed by atoms with Crippen molar-refractivity contribution in [1.29, 1.82) is 5.26 Å². The van der Waals surface area contributed by atoms with Crippen LogP contribution in [0.15, 0.2) is 54.6 Å². The molecule has 0 aromatic heterocycles. The molecule has 8 heteroatoms. The zero-order chi connectivity index (χ0) is 22.4. The summed E-state index contributed by atoms with van der Waals surface area (Å²) in [6.07, 6.45) is 1.50. The lowest BCUT2D eigenvalue weighted by molar-refractivity contribution is -0.144. The minimum absolute atomic E-state index is 0.598. The van der Waals surface area contributed by atoms with Gasteiger partial charge in [0, 0.05) is 5.41 Å². The second-order valence-corrected chi connectivity index (χ2v) is 12.4. The van der Waals surface area contributed by atoms with Gasteiger partial charge in [0.2, 0.25) is 0 Å². The normalized spacial score (nSPS) is 25.7. The number of carbonyl (C=O) groups is 1. The number of nitrogens with zero attached hydrogens (tertiary/aromatic N) is 1. The average Bonchev–Trinajstić information content (AvgIpc) is 3.10. The van der Waals surface area contributed by atoms with E-state index in [1.807, 2.05) is 68.4 Å². The van der Waals surface area contributed by atoms with Gasteiger partial charge >= 0.3 is 5.97 Å². The van der Waals surface area contributed by atoms with E-state index in [-0.39, 0.29) is 0 Å². The van der Waals surface area contributed by atoms with Crippen LogP contribution in [0.5, 0.6) is 11.5 Å². The lowest BCUT2D eigenvalue weighted by Gasteiger charge is -2.33. The molecule has 3 atom stereocenters. The fourth-order valence-electron chi connectivity index (χ4n) is 4.73. The van der Waals surface area contributed by atoms with Crippen LogP contribution in [-0.4, -0.2) is 14.0 Å². The lowest BCUT2D eigenvalue weighted by atomic mass is 9.82. The van der Waals surface area contributed by atoms with Crippen molar-refractivity contribution in [3.63, 3.8) is 0 Å². The molecule has 158 valence electrons. The Kier molecular flexibility index (Phi) is 6.25. The maximum Gasteiger partial charge on any atom is 0.329 e. The SMILES string of the molecule is CC1(C)C(C)(C(=O)OC#N)C1(c1cccc(Oc2ccccc2)c1)C(Br)C(Cl)(Cl)Br. The maximum absolute atomic E-state index is 12.9. The molecule has 0 spiro atoms. The second kappa shape index (κ2) is 8.02. The highest BCUT2D eigenvalue weighted by atomic mass is 79.9. The molecule has 1 saturated carbocycles. The number of hydrogen-bond acceptors (Lipinski definition) is 4. The summed E-state index contributed by atoms with van der Waals surface area (Å²) in [7, 11) is 0. The van der Waals surface area contributed by atoms with Crippen molar-refractivity contribution in [1.82, 2.24) is 0 Å². The molecular formula is C22H19Br2Cl2NO3. The van der Waals surface area contributed by atoms with Gasteiger partial charge in [-0.25, -0.2) is 0 Å². The molecule has 1 aliphatic rings. The molecule has 3 unspecified atom stereocenters. The molecule has 0 heterocycles. The summed E-state index contributed by atoms with van der Waals surface area (Å²) < 4.78 is 9.38. The smallest absolute Gasteiger partial charge is 0.329 e. The summed E-state index contributed by atoms with van der Waals surface area (Å²) in [5.74, 6) is 0.644. The van der Waals surface area contributed by atoms with Crippen molar-refractivity contribution in [3.8, 4) is 17.8 Å². The molecule has 0 saturated heterocycles. The van der Waals surface area contributed by atoms with Gasteiger partial charge in [-0.15, -0.1) is 5.26 Å². The van der Waals surface area contributed by atoms with Crippen LogP contribution in [0.1, 0.15) is 26.3 Å². The first-order valence-corrected chi connectivity index (χ1v) is 11.6. The Hall–Kier alpha value is -1.26. The van der Waals surface area contributed by atoms with Crippen LogP contribution < -0.4 is 4.74 Å². The molecule has 2 aromatic carbocycles. The minimum Gasteiger partial charge on any atom is -0.457 e. The van der Waals surface area contributed by atoms with E-state index in [1.165, 1.54) is 6.26 Å². The number of halogens is 4. The molecule has 3 rings (SSSR count). The molecule has 2 aromatic rings. The number of rotatable bonds is 6. The number of nitriles is 1. The Labute approximate surface area is 202 Å². The van der Waals surface area contributed by atoms with E-state index in [0.29, 0.717) is 11.5 Å². The highest BCUT2D eigenvalue weighted by molar-refractivity contribution is 9.13. The van der Waals surface area contributed by atoms with Gasteiger partial charge in [0.15, 0.2) is 3.24 Å². The Morgan fingerprint density at radius 2 is 1.70 bits per heavy atom. The molecule has 0 radical (unpaired) electrons. The first-order valence-electron chi connectivity index (χ1n) is 9.09. The molecule has 0 bridgehead atoms. The van der Waals surface area contributed by atoms with E-state index >= 15 is 0 Å². The van der Waals surface area contributed by atoms with Gasteiger partial charge in [-0.2, -0.15) is 0 Å². The van der Waals surface area contributed by atoms with Crippen molar-refractivity contribution in [2.75, 3.05) is 0 Å². The Bertz CT molecular complexity index is 1000. The predicted octanol–water partition coefficient (Wildman–Crippen LogP) is 7.08. The second-order valence-electron chi connectivity index (χ2n) is 7.89. The Balaban J connectivity index is 2.15. The number of benzene rings is 2. The summed E-state index contributed by atoms with van der Waals surface area (Å²) in [4.78, 5) is 12.3. The summed E-state index contributed by atoms with van der Waals surface area (Å²) in [5, 5.41) is 8.96. The van der Waals surface area contributed by atoms with Crippen molar-refractivity contribution in [2.45, 2.75) is 34.3 Å². The molecular weight excluding hydrogens is 557 g/mol. The number of ether oxygens (including phenoxy) is 2. The quantitative estimate of drug-likeness (QED) is 0.210. The molecule has 1 aliphatic carbocycles.